The molecule has 0 aromatic carbocycles. The Labute approximate surface area is 99.0 Å². The zero-order chi connectivity index (χ0) is 13.8. The fourth-order valence-electron chi connectivity index (χ4n) is 1.11. The van der Waals surface area contributed by atoms with Gasteiger partial charge in [-0.05, 0) is 0 Å². The van der Waals surface area contributed by atoms with E-state index < -0.39 is 30.6 Å². The molecular weight excluding hydrogens is 261 g/mol. The first-order chi connectivity index (χ1) is 8.30. The highest BCUT2D eigenvalue weighted by Gasteiger charge is 2.35. The number of nitrogens with zero attached hydrogens (tertiary/aromatic N) is 2. The molecule has 102 valence electrons. The molecule has 0 radical (unpaired) electrons. The molecule has 9 heteroatoms. The molecule has 1 rings (SSSR count). The van der Waals surface area contributed by atoms with Crippen LogP contribution in [0.25, 0.3) is 0 Å². The lowest BCUT2D eigenvalue weighted by Gasteiger charge is -2.10. The van der Waals surface area contributed by atoms with Crippen LogP contribution in [0.1, 0.15) is 11.5 Å². The molecule has 1 aromatic rings. The zero-order valence-electron chi connectivity index (χ0n) is 9.05. The first kappa shape index (κ1) is 14.6. The van der Waals surface area contributed by atoms with Gasteiger partial charge in [0.25, 0.3) is 6.43 Å². The Morgan fingerprint density at radius 3 is 2.56 bits per heavy atom. The van der Waals surface area contributed by atoms with Crippen LogP contribution in [-0.2, 0) is 17.3 Å². The standard InChI is InChI=1S/C9H10F5N3O/c10-6(11)4-18-2-1-7-16-3-5(15)8(17-7)9(12,13)14/h3,6H,1-2,4,15H2. The highest BCUT2D eigenvalue weighted by molar-refractivity contribution is 5.41. The number of nitrogen functional groups attached to an aromatic ring is 1. The highest BCUT2D eigenvalue weighted by Crippen LogP contribution is 2.31. The number of ether oxygens (including phenoxy) is 1. The number of hydrogen-bond acceptors (Lipinski definition) is 4. The molecule has 1 aromatic heterocycles. The van der Waals surface area contributed by atoms with Gasteiger partial charge < -0.3 is 10.5 Å². The number of alkyl halides is 5. The van der Waals surface area contributed by atoms with Crippen LogP contribution in [0.2, 0.25) is 0 Å². The van der Waals surface area contributed by atoms with E-state index in [4.69, 9.17) is 5.73 Å². The minimum absolute atomic E-state index is 0.101. The first-order valence-electron chi connectivity index (χ1n) is 4.85. The normalized spacial score (nSPS) is 12.1. The van der Waals surface area contributed by atoms with Crippen LogP contribution in [0.15, 0.2) is 6.20 Å². The Kier molecular flexibility index (Phi) is 4.76. The maximum atomic E-state index is 12.4. The largest absolute Gasteiger partial charge is 0.435 e. The summed E-state index contributed by atoms with van der Waals surface area (Å²) in [4.78, 5) is 6.80. The van der Waals surface area contributed by atoms with E-state index in [1.165, 1.54) is 0 Å². The van der Waals surface area contributed by atoms with Gasteiger partial charge in [0.2, 0.25) is 0 Å². The molecule has 0 bridgehead atoms. The summed E-state index contributed by atoms with van der Waals surface area (Å²) >= 11 is 0. The molecule has 0 spiro atoms. The second kappa shape index (κ2) is 5.89. The van der Waals surface area contributed by atoms with Gasteiger partial charge in [-0.25, -0.2) is 18.7 Å². The quantitative estimate of drug-likeness (QED) is 0.656. The summed E-state index contributed by atoms with van der Waals surface area (Å²) < 4.78 is 65.2. The fraction of sp³-hybridized carbons (Fsp3) is 0.556. The monoisotopic (exact) mass is 271 g/mol. The van der Waals surface area contributed by atoms with E-state index in [2.05, 4.69) is 14.7 Å². The second-order valence-electron chi connectivity index (χ2n) is 3.30. The van der Waals surface area contributed by atoms with Gasteiger partial charge in [0.05, 0.1) is 18.5 Å². The van der Waals surface area contributed by atoms with Crippen LogP contribution in [0, 0.1) is 0 Å². The van der Waals surface area contributed by atoms with Gasteiger partial charge in [-0.2, -0.15) is 13.2 Å². The van der Waals surface area contributed by atoms with Crippen molar-refractivity contribution in [2.24, 2.45) is 0 Å². The third-order valence-electron chi connectivity index (χ3n) is 1.85. The average molecular weight is 271 g/mol. The van der Waals surface area contributed by atoms with Crippen LogP contribution in [0.3, 0.4) is 0 Å². The predicted octanol–water partition coefficient (Wildman–Crippen LogP) is 1.90. The lowest BCUT2D eigenvalue weighted by molar-refractivity contribution is -0.140. The Morgan fingerprint density at radius 1 is 1.33 bits per heavy atom. The first-order valence-corrected chi connectivity index (χ1v) is 4.85. The van der Waals surface area contributed by atoms with Gasteiger partial charge in [-0.15, -0.1) is 0 Å². The maximum Gasteiger partial charge on any atom is 0.435 e. The van der Waals surface area contributed by atoms with Gasteiger partial charge >= 0.3 is 6.18 Å². The van der Waals surface area contributed by atoms with Crippen molar-refractivity contribution in [1.82, 2.24) is 9.97 Å². The zero-order valence-corrected chi connectivity index (χ0v) is 9.05. The van der Waals surface area contributed by atoms with E-state index >= 15 is 0 Å². The third kappa shape index (κ3) is 4.40. The molecule has 0 amide bonds. The van der Waals surface area contributed by atoms with Gasteiger partial charge in [0.15, 0.2) is 5.69 Å². The number of nitrogens with two attached hydrogens (primary N) is 1. The number of hydrogen-bond donors (Lipinski definition) is 1. The minimum atomic E-state index is -4.67. The molecule has 18 heavy (non-hydrogen) atoms. The Hall–Kier alpha value is -1.51. The summed E-state index contributed by atoms with van der Waals surface area (Å²) in [5.74, 6) is -0.161. The van der Waals surface area contributed by atoms with E-state index in [0.717, 1.165) is 6.20 Å². The molecule has 2 N–H and O–H groups in total. The lowest BCUT2D eigenvalue weighted by Crippen LogP contribution is -2.15. The molecule has 0 aliphatic rings. The van der Waals surface area contributed by atoms with Crippen molar-refractivity contribution in [2.75, 3.05) is 18.9 Å². The van der Waals surface area contributed by atoms with Crippen LogP contribution in [-0.4, -0.2) is 29.6 Å². The highest BCUT2D eigenvalue weighted by atomic mass is 19.4. The van der Waals surface area contributed by atoms with E-state index in [0.29, 0.717) is 0 Å². The number of aromatic nitrogens is 2. The summed E-state index contributed by atoms with van der Waals surface area (Å²) in [6.07, 6.45) is -6.57. The van der Waals surface area contributed by atoms with Gasteiger partial charge in [-0.1, -0.05) is 0 Å². The van der Waals surface area contributed by atoms with Crippen LogP contribution in [0.5, 0.6) is 0 Å². The van der Waals surface area contributed by atoms with Gasteiger partial charge in [-0.3, -0.25) is 0 Å². The molecule has 0 unspecified atom stereocenters. The van der Waals surface area contributed by atoms with Crippen molar-refractivity contribution in [3.63, 3.8) is 0 Å². The molecule has 0 saturated heterocycles. The topological polar surface area (TPSA) is 61.0 Å². The van der Waals surface area contributed by atoms with Crippen molar-refractivity contribution >= 4 is 5.69 Å². The summed E-state index contributed by atoms with van der Waals surface area (Å²) in [5, 5.41) is 0. The van der Waals surface area contributed by atoms with Crippen LogP contribution >= 0.6 is 0 Å². The number of rotatable bonds is 5. The second-order valence-corrected chi connectivity index (χ2v) is 3.30. The van der Waals surface area contributed by atoms with Crippen LogP contribution in [0.4, 0.5) is 27.6 Å². The van der Waals surface area contributed by atoms with Gasteiger partial charge in [0.1, 0.15) is 12.4 Å². The predicted molar refractivity (Wildman–Crippen MR) is 52.0 cm³/mol. The molecule has 0 atom stereocenters. The molecule has 0 aliphatic heterocycles. The van der Waals surface area contributed by atoms with Crippen molar-refractivity contribution in [3.05, 3.63) is 17.7 Å². The van der Waals surface area contributed by atoms with Crippen molar-refractivity contribution in [2.45, 2.75) is 19.0 Å². The Bertz CT molecular complexity index is 396. The average Bonchev–Trinajstić information content (AvgIpc) is 2.24. The fourth-order valence-corrected chi connectivity index (χ4v) is 1.11. The smallest absolute Gasteiger partial charge is 0.396 e. The summed E-state index contributed by atoms with van der Waals surface area (Å²) in [6.45, 7) is -0.966. The van der Waals surface area contributed by atoms with Gasteiger partial charge in [0, 0.05) is 6.42 Å². The molecule has 4 nitrogen and oxygen atoms in total. The molecular formula is C9H10F5N3O. The van der Waals surface area contributed by atoms with Crippen molar-refractivity contribution in [3.8, 4) is 0 Å². The molecule has 1 heterocycles. The third-order valence-corrected chi connectivity index (χ3v) is 1.85. The van der Waals surface area contributed by atoms with E-state index in [9.17, 15) is 22.0 Å². The maximum absolute atomic E-state index is 12.4. The lowest BCUT2D eigenvalue weighted by atomic mass is 10.3. The Morgan fingerprint density at radius 2 is 2.00 bits per heavy atom. The molecule has 0 aliphatic carbocycles. The summed E-state index contributed by atoms with van der Waals surface area (Å²) in [7, 11) is 0. The van der Waals surface area contributed by atoms with E-state index in [-0.39, 0.29) is 18.9 Å². The van der Waals surface area contributed by atoms with Crippen LogP contribution < -0.4 is 5.73 Å². The van der Waals surface area contributed by atoms with Crippen molar-refractivity contribution in [1.29, 1.82) is 0 Å². The molecule has 0 fully saturated rings. The number of anilines is 1. The SMILES string of the molecule is Nc1cnc(CCOCC(F)F)nc1C(F)(F)F. The van der Waals surface area contributed by atoms with Crippen molar-refractivity contribution < 1.29 is 26.7 Å². The van der Waals surface area contributed by atoms with E-state index in [1.807, 2.05) is 0 Å². The summed E-state index contributed by atoms with van der Waals surface area (Å²) in [5.41, 5.74) is 3.28. The molecule has 0 saturated carbocycles. The summed E-state index contributed by atoms with van der Waals surface area (Å²) in [6, 6.07) is 0. The van der Waals surface area contributed by atoms with E-state index in [1.54, 1.807) is 0 Å². The minimum Gasteiger partial charge on any atom is -0.396 e. The Balaban J connectivity index is 2.63. The number of halogens is 5.